The van der Waals surface area contributed by atoms with Crippen molar-refractivity contribution in [1.82, 2.24) is 5.32 Å². The molecule has 1 fully saturated rings. The minimum absolute atomic E-state index is 0.242. The molecule has 0 aliphatic carbocycles. The predicted octanol–water partition coefficient (Wildman–Crippen LogP) is 5.86. The summed E-state index contributed by atoms with van der Waals surface area (Å²) in [5, 5.41) is 6.43. The van der Waals surface area contributed by atoms with Gasteiger partial charge in [0.2, 0.25) is 0 Å². The third-order valence-electron chi connectivity index (χ3n) is 6.01. The van der Waals surface area contributed by atoms with Crippen LogP contribution in [0.5, 0.6) is 0 Å². The first-order chi connectivity index (χ1) is 15.3. The van der Waals surface area contributed by atoms with E-state index >= 15 is 0 Å². The standard InChI is InChI=1S/C27H30ClNO3/c1-26(2,3)25(30)32-27(22-10-12-23(28)13-11-22)14-15-29-17-24(27)31-18-19-8-9-20-6-4-5-7-21(20)16-19/h4-13,16,24,29H,14-15,17-18H2,1-3H3. The van der Waals surface area contributed by atoms with Gasteiger partial charge in [0.25, 0.3) is 0 Å². The van der Waals surface area contributed by atoms with Crippen LogP contribution in [0.1, 0.15) is 38.3 Å². The molecule has 4 rings (SSSR count). The zero-order valence-corrected chi connectivity index (χ0v) is 19.6. The summed E-state index contributed by atoms with van der Waals surface area (Å²) in [7, 11) is 0. The maximum Gasteiger partial charge on any atom is 0.312 e. The second-order valence-electron chi connectivity index (χ2n) is 9.47. The highest BCUT2D eigenvalue weighted by Crippen LogP contribution is 2.39. The molecule has 1 aliphatic rings. The van der Waals surface area contributed by atoms with Crippen molar-refractivity contribution >= 4 is 28.3 Å². The third kappa shape index (κ3) is 4.83. The topological polar surface area (TPSA) is 47.6 Å². The highest BCUT2D eigenvalue weighted by molar-refractivity contribution is 6.30. The van der Waals surface area contributed by atoms with E-state index in [2.05, 4.69) is 35.6 Å². The zero-order chi connectivity index (χ0) is 22.8. The van der Waals surface area contributed by atoms with Gasteiger partial charge in [-0.3, -0.25) is 4.79 Å². The van der Waals surface area contributed by atoms with Crippen LogP contribution in [0.25, 0.3) is 10.8 Å². The first kappa shape index (κ1) is 22.8. The Labute approximate surface area is 194 Å². The first-order valence-electron chi connectivity index (χ1n) is 11.1. The summed E-state index contributed by atoms with van der Waals surface area (Å²) in [5.41, 5.74) is 0.496. The SMILES string of the molecule is CC(C)(C)C(=O)OC1(c2ccc(Cl)cc2)CCNCC1OCc1ccc2ccccc2c1. The zero-order valence-electron chi connectivity index (χ0n) is 18.9. The van der Waals surface area contributed by atoms with Gasteiger partial charge in [-0.1, -0.05) is 60.1 Å². The van der Waals surface area contributed by atoms with Crippen molar-refractivity contribution in [3.05, 3.63) is 82.9 Å². The largest absolute Gasteiger partial charge is 0.451 e. The molecule has 0 radical (unpaired) electrons. The number of carbonyl (C=O) groups is 1. The van der Waals surface area contributed by atoms with Crippen molar-refractivity contribution in [3.63, 3.8) is 0 Å². The van der Waals surface area contributed by atoms with Gasteiger partial charge < -0.3 is 14.8 Å². The van der Waals surface area contributed by atoms with Gasteiger partial charge in [-0.15, -0.1) is 0 Å². The van der Waals surface area contributed by atoms with Gasteiger partial charge in [-0.25, -0.2) is 0 Å². The van der Waals surface area contributed by atoms with Crippen LogP contribution in [-0.4, -0.2) is 25.2 Å². The van der Waals surface area contributed by atoms with E-state index in [0.717, 1.165) is 17.7 Å². The van der Waals surface area contributed by atoms with Crippen LogP contribution in [-0.2, 0) is 26.5 Å². The Bertz CT molecular complexity index is 1090. The van der Waals surface area contributed by atoms with Crippen LogP contribution in [0, 0.1) is 5.41 Å². The number of ether oxygens (including phenoxy) is 2. The maximum atomic E-state index is 13.0. The number of nitrogens with one attached hydrogen (secondary N) is 1. The molecule has 0 bridgehead atoms. The van der Waals surface area contributed by atoms with Crippen LogP contribution in [0.15, 0.2) is 66.7 Å². The summed E-state index contributed by atoms with van der Waals surface area (Å²) < 4.78 is 12.8. The minimum atomic E-state index is -0.878. The van der Waals surface area contributed by atoms with E-state index in [1.807, 2.05) is 57.2 Å². The van der Waals surface area contributed by atoms with Gasteiger partial charge in [0.05, 0.1) is 12.0 Å². The number of esters is 1. The van der Waals surface area contributed by atoms with Crippen molar-refractivity contribution in [3.8, 4) is 0 Å². The van der Waals surface area contributed by atoms with Crippen molar-refractivity contribution in [2.45, 2.75) is 45.5 Å². The monoisotopic (exact) mass is 451 g/mol. The lowest BCUT2D eigenvalue weighted by Crippen LogP contribution is -2.56. The molecule has 0 amide bonds. The number of hydrogen-bond acceptors (Lipinski definition) is 4. The van der Waals surface area contributed by atoms with E-state index in [-0.39, 0.29) is 12.1 Å². The number of rotatable bonds is 5. The lowest BCUT2D eigenvalue weighted by atomic mass is 9.81. The molecular formula is C27H30ClNO3. The molecule has 5 heteroatoms. The molecule has 2 atom stereocenters. The second-order valence-corrected chi connectivity index (χ2v) is 9.91. The Kier molecular flexibility index (Phi) is 6.57. The number of fused-ring (bicyclic) bond motifs is 1. The summed E-state index contributed by atoms with van der Waals surface area (Å²) in [6.07, 6.45) is 0.286. The average Bonchev–Trinajstić information content (AvgIpc) is 2.78. The maximum absolute atomic E-state index is 13.0. The van der Waals surface area contributed by atoms with Crippen molar-refractivity contribution in [1.29, 1.82) is 0 Å². The van der Waals surface area contributed by atoms with Crippen LogP contribution >= 0.6 is 11.6 Å². The summed E-state index contributed by atoms with van der Waals surface area (Å²) >= 11 is 6.15. The van der Waals surface area contributed by atoms with Gasteiger partial charge in [0, 0.05) is 18.0 Å². The highest BCUT2D eigenvalue weighted by Gasteiger charge is 2.48. The molecule has 1 heterocycles. The second kappa shape index (κ2) is 9.22. The first-order valence-corrected chi connectivity index (χ1v) is 11.5. The summed E-state index contributed by atoms with van der Waals surface area (Å²) in [6.45, 7) is 7.37. The van der Waals surface area contributed by atoms with Gasteiger partial charge in [0.15, 0.2) is 5.60 Å². The number of benzene rings is 3. The Morgan fingerprint density at radius 1 is 1.06 bits per heavy atom. The molecule has 32 heavy (non-hydrogen) atoms. The molecule has 2 unspecified atom stereocenters. The van der Waals surface area contributed by atoms with Gasteiger partial charge in [0.1, 0.15) is 6.10 Å². The number of hydrogen-bond donors (Lipinski definition) is 1. The van der Waals surface area contributed by atoms with Crippen molar-refractivity contribution < 1.29 is 14.3 Å². The summed E-state index contributed by atoms with van der Waals surface area (Å²) in [6, 6.07) is 22.2. The third-order valence-corrected chi connectivity index (χ3v) is 6.26. The fraction of sp³-hybridized carbons (Fsp3) is 0.370. The molecule has 168 valence electrons. The Morgan fingerprint density at radius 2 is 1.78 bits per heavy atom. The fourth-order valence-electron chi connectivity index (χ4n) is 4.11. The summed E-state index contributed by atoms with van der Waals surface area (Å²) in [4.78, 5) is 13.0. The van der Waals surface area contributed by atoms with E-state index in [1.54, 1.807) is 0 Å². The minimum Gasteiger partial charge on any atom is -0.451 e. The van der Waals surface area contributed by atoms with E-state index in [9.17, 15) is 4.79 Å². The van der Waals surface area contributed by atoms with Crippen LogP contribution in [0.2, 0.25) is 5.02 Å². The van der Waals surface area contributed by atoms with E-state index in [4.69, 9.17) is 21.1 Å². The average molecular weight is 452 g/mol. The van der Waals surface area contributed by atoms with Gasteiger partial charge in [-0.05, 0) is 67.4 Å². The highest BCUT2D eigenvalue weighted by atomic mass is 35.5. The van der Waals surface area contributed by atoms with E-state index in [0.29, 0.717) is 24.6 Å². The molecule has 3 aromatic carbocycles. The molecule has 0 spiro atoms. The van der Waals surface area contributed by atoms with E-state index < -0.39 is 11.0 Å². The Hall–Kier alpha value is -2.40. The van der Waals surface area contributed by atoms with Crippen molar-refractivity contribution in [2.24, 2.45) is 5.41 Å². The van der Waals surface area contributed by atoms with Crippen molar-refractivity contribution in [2.75, 3.05) is 13.1 Å². The normalized spacial score (nSPS) is 21.4. The van der Waals surface area contributed by atoms with Gasteiger partial charge in [-0.2, -0.15) is 0 Å². The lowest BCUT2D eigenvalue weighted by molar-refractivity contribution is -0.198. The number of carbonyl (C=O) groups excluding carboxylic acids is 1. The molecule has 4 nitrogen and oxygen atoms in total. The Morgan fingerprint density at radius 3 is 2.50 bits per heavy atom. The molecule has 1 saturated heterocycles. The van der Waals surface area contributed by atoms with Crippen LogP contribution in [0.3, 0.4) is 0 Å². The predicted molar refractivity (Wildman–Crippen MR) is 129 cm³/mol. The van der Waals surface area contributed by atoms with Gasteiger partial charge >= 0.3 is 5.97 Å². The van der Waals surface area contributed by atoms with Crippen LogP contribution in [0.4, 0.5) is 0 Å². The Balaban J connectivity index is 1.64. The number of halogens is 1. The van der Waals surface area contributed by atoms with Crippen LogP contribution < -0.4 is 5.32 Å². The molecule has 3 aromatic rings. The molecule has 0 aromatic heterocycles. The fourth-order valence-corrected chi connectivity index (χ4v) is 4.23. The lowest BCUT2D eigenvalue weighted by Gasteiger charge is -2.44. The molecule has 1 aliphatic heterocycles. The molecule has 0 saturated carbocycles. The quantitative estimate of drug-likeness (QED) is 0.494. The molecular weight excluding hydrogens is 422 g/mol. The smallest absolute Gasteiger partial charge is 0.312 e. The van der Waals surface area contributed by atoms with E-state index in [1.165, 1.54) is 10.8 Å². The summed E-state index contributed by atoms with van der Waals surface area (Å²) in [5.74, 6) is -0.242. The number of piperidine rings is 1. The molecule has 1 N–H and O–H groups in total.